The van der Waals surface area contributed by atoms with E-state index in [1.165, 1.54) is 4.68 Å². The van der Waals surface area contributed by atoms with Gasteiger partial charge in [-0.2, -0.15) is 10.1 Å². The summed E-state index contributed by atoms with van der Waals surface area (Å²) in [5.41, 5.74) is 7.28. The first-order valence-electron chi connectivity index (χ1n) is 7.96. The molecule has 0 radical (unpaired) electrons. The summed E-state index contributed by atoms with van der Waals surface area (Å²) in [6, 6.07) is 9.27. The standard InChI is InChI=1S/C17H18N6O/c1-22-17(18)20-15(21-22)14-8-4-10-23(14)16(24)12-5-2-7-13-11(12)6-3-9-19-13/h2-3,5-7,9,14H,4,8,10H2,1H3,(H2,18,20,21). The minimum Gasteiger partial charge on any atom is -0.368 e. The molecule has 0 saturated carbocycles. The Morgan fingerprint density at radius 1 is 1.29 bits per heavy atom. The summed E-state index contributed by atoms with van der Waals surface area (Å²) >= 11 is 0. The smallest absolute Gasteiger partial charge is 0.255 e. The molecule has 3 heterocycles. The van der Waals surface area contributed by atoms with Gasteiger partial charge in [0.1, 0.15) is 0 Å². The number of pyridine rings is 1. The van der Waals surface area contributed by atoms with Crippen molar-refractivity contribution in [2.75, 3.05) is 12.3 Å². The Morgan fingerprint density at radius 2 is 2.17 bits per heavy atom. The van der Waals surface area contributed by atoms with E-state index in [1.54, 1.807) is 13.2 Å². The summed E-state index contributed by atoms with van der Waals surface area (Å²) in [7, 11) is 1.75. The first kappa shape index (κ1) is 14.6. The van der Waals surface area contributed by atoms with Crippen LogP contribution in [0.3, 0.4) is 0 Å². The van der Waals surface area contributed by atoms with Gasteiger partial charge in [-0.05, 0) is 31.0 Å². The van der Waals surface area contributed by atoms with Gasteiger partial charge in [0.25, 0.3) is 5.91 Å². The van der Waals surface area contributed by atoms with Gasteiger partial charge in [0.15, 0.2) is 5.82 Å². The molecule has 24 heavy (non-hydrogen) atoms. The van der Waals surface area contributed by atoms with Gasteiger partial charge in [-0.15, -0.1) is 0 Å². The number of benzene rings is 1. The van der Waals surface area contributed by atoms with Gasteiger partial charge in [0.05, 0.1) is 11.6 Å². The van der Waals surface area contributed by atoms with Crippen LogP contribution < -0.4 is 5.73 Å². The van der Waals surface area contributed by atoms with Crippen molar-refractivity contribution in [1.82, 2.24) is 24.6 Å². The molecule has 7 heteroatoms. The van der Waals surface area contributed by atoms with Crippen LogP contribution in [-0.2, 0) is 7.05 Å². The Labute approximate surface area is 139 Å². The van der Waals surface area contributed by atoms with Gasteiger partial charge in [-0.1, -0.05) is 12.1 Å². The lowest BCUT2D eigenvalue weighted by Crippen LogP contribution is -2.31. The third-order valence-corrected chi connectivity index (χ3v) is 4.50. The van der Waals surface area contributed by atoms with Crippen LogP contribution in [0.2, 0.25) is 0 Å². The molecule has 1 aliphatic heterocycles. The molecule has 122 valence electrons. The van der Waals surface area contributed by atoms with Crippen molar-refractivity contribution in [1.29, 1.82) is 0 Å². The van der Waals surface area contributed by atoms with E-state index in [2.05, 4.69) is 15.1 Å². The van der Waals surface area contributed by atoms with Crippen LogP contribution in [0.15, 0.2) is 36.5 Å². The van der Waals surface area contributed by atoms with Crippen molar-refractivity contribution in [2.24, 2.45) is 7.05 Å². The fourth-order valence-electron chi connectivity index (χ4n) is 3.28. The molecular weight excluding hydrogens is 304 g/mol. The summed E-state index contributed by atoms with van der Waals surface area (Å²) in [6.07, 6.45) is 3.51. The third kappa shape index (κ3) is 2.29. The number of nitrogens with two attached hydrogens (primary N) is 1. The SMILES string of the molecule is Cn1nc(C2CCCN2C(=O)c2cccc3ncccc23)nc1N. The lowest BCUT2D eigenvalue weighted by Gasteiger charge is -2.23. The van der Waals surface area contributed by atoms with Crippen LogP contribution in [-0.4, -0.2) is 37.1 Å². The summed E-state index contributed by atoms with van der Waals surface area (Å²) in [6.45, 7) is 0.693. The second-order valence-electron chi connectivity index (χ2n) is 5.98. The number of nitrogens with zero attached hydrogens (tertiary/aromatic N) is 5. The van der Waals surface area contributed by atoms with Crippen LogP contribution in [0.25, 0.3) is 10.9 Å². The zero-order valence-corrected chi connectivity index (χ0v) is 13.4. The number of rotatable bonds is 2. The minimum atomic E-state index is -0.132. The van der Waals surface area contributed by atoms with E-state index in [1.807, 2.05) is 35.2 Å². The summed E-state index contributed by atoms with van der Waals surface area (Å²) < 4.78 is 1.54. The molecular formula is C17H18N6O. The minimum absolute atomic E-state index is 0.0119. The van der Waals surface area contributed by atoms with Crippen molar-refractivity contribution in [3.8, 4) is 0 Å². The molecule has 4 rings (SSSR count). The van der Waals surface area contributed by atoms with Gasteiger partial charge in [-0.25, -0.2) is 4.68 Å². The molecule has 0 spiro atoms. The topological polar surface area (TPSA) is 89.9 Å². The molecule has 0 aliphatic carbocycles. The molecule has 1 saturated heterocycles. The molecule has 1 fully saturated rings. The molecule has 3 aromatic rings. The highest BCUT2D eigenvalue weighted by molar-refractivity contribution is 6.06. The predicted octanol–water partition coefficient (Wildman–Crippen LogP) is 1.92. The largest absolute Gasteiger partial charge is 0.368 e. The lowest BCUT2D eigenvalue weighted by atomic mass is 10.1. The van der Waals surface area contributed by atoms with Crippen molar-refractivity contribution < 1.29 is 4.79 Å². The van der Waals surface area contributed by atoms with Gasteiger partial charge < -0.3 is 10.6 Å². The van der Waals surface area contributed by atoms with Gasteiger partial charge in [0.2, 0.25) is 5.95 Å². The van der Waals surface area contributed by atoms with Crippen molar-refractivity contribution in [3.63, 3.8) is 0 Å². The maximum atomic E-state index is 13.1. The highest BCUT2D eigenvalue weighted by atomic mass is 16.2. The molecule has 7 nitrogen and oxygen atoms in total. The number of likely N-dealkylation sites (tertiary alicyclic amines) is 1. The lowest BCUT2D eigenvalue weighted by molar-refractivity contribution is 0.0732. The highest BCUT2D eigenvalue weighted by Crippen LogP contribution is 2.32. The molecule has 1 atom stereocenters. The first-order valence-corrected chi connectivity index (χ1v) is 7.96. The number of hydrogen-bond donors (Lipinski definition) is 1. The number of carbonyl (C=O) groups excluding carboxylic acids is 1. The third-order valence-electron chi connectivity index (χ3n) is 4.50. The highest BCUT2D eigenvalue weighted by Gasteiger charge is 2.34. The Morgan fingerprint density at radius 3 is 2.96 bits per heavy atom. The van der Waals surface area contributed by atoms with E-state index in [0.29, 0.717) is 23.9 Å². The van der Waals surface area contributed by atoms with Gasteiger partial charge in [-0.3, -0.25) is 9.78 Å². The molecule has 2 aromatic heterocycles. The average Bonchev–Trinajstić information content (AvgIpc) is 3.21. The van der Waals surface area contributed by atoms with E-state index in [0.717, 1.165) is 23.7 Å². The summed E-state index contributed by atoms with van der Waals surface area (Å²) in [5, 5.41) is 5.22. The Bertz CT molecular complexity index is 894. The molecule has 1 aromatic carbocycles. The fraction of sp³-hybridized carbons (Fsp3) is 0.294. The van der Waals surface area contributed by atoms with Gasteiger partial charge >= 0.3 is 0 Å². The average molecular weight is 322 g/mol. The van der Waals surface area contributed by atoms with E-state index < -0.39 is 0 Å². The second kappa shape index (κ2) is 5.59. The number of fused-ring (bicyclic) bond motifs is 1. The Kier molecular flexibility index (Phi) is 3.41. The zero-order valence-electron chi connectivity index (χ0n) is 13.4. The van der Waals surface area contributed by atoms with E-state index in [9.17, 15) is 4.79 Å². The van der Waals surface area contributed by atoms with Crippen molar-refractivity contribution in [2.45, 2.75) is 18.9 Å². The molecule has 0 bridgehead atoms. The number of hydrogen-bond acceptors (Lipinski definition) is 5. The number of carbonyl (C=O) groups is 1. The molecule has 1 amide bonds. The number of nitrogen functional groups attached to an aromatic ring is 1. The summed E-state index contributed by atoms with van der Waals surface area (Å²) in [5.74, 6) is 0.958. The Balaban J connectivity index is 1.72. The first-order chi connectivity index (χ1) is 11.6. The quantitative estimate of drug-likeness (QED) is 0.778. The van der Waals surface area contributed by atoms with Crippen molar-refractivity contribution >= 4 is 22.8 Å². The van der Waals surface area contributed by atoms with Crippen molar-refractivity contribution in [3.05, 3.63) is 47.9 Å². The van der Waals surface area contributed by atoms with Crippen LogP contribution in [0.4, 0.5) is 5.95 Å². The second-order valence-corrected chi connectivity index (χ2v) is 5.98. The predicted molar refractivity (Wildman–Crippen MR) is 90.2 cm³/mol. The zero-order chi connectivity index (χ0) is 16.7. The number of amides is 1. The van der Waals surface area contributed by atoms with Crippen LogP contribution in [0.5, 0.6) is 0 Å². The van der Waals surface area contributed by atoms with Crippen LogP contribution in [0, 0.1) is 0 Å². The number of aryl methyl sites for hydroxylation is 1. The van der Waals surface area contributed by atoms with Crippen LogP contribution in [0.1, 0.15) is 35.1 Å². The molecule has 1 aliphatic rings. The molecule has 1 unspecified atom stereocenters. The van der Waals surface area contributed by atoms with E-state index in [4.69, 9.17) is 5.73 Å². The monoisotopic (exact) mass is 322 g/mol. The van der Waals surface area contributed by atoms with Crippen LogP contribution >= 0.6 is 0 Å². The van der Waals surface area contributed by atoms with E-state index >= 15 is 0 Å². The number of aromatic nitrogens is 4. The normalized spacial score (nSPS) is 17.5. The maximum Gasteiger partial charge on any atom is 0.255 e. The fourth-order valence-corrected chi connectivity index (χ4v) is 3.28. The summed E-state index contributed by atoms with van der Waals surface area (Å²) in [4.78, 5) is 23.6. The number of anilines is 1. The Hall–Kier alpha value is -2.96. The van der Waals surface area contributed by atoms with E-state index in [-0.39, 0.29) is 11.9 Å². The molecule has 2 N–H and O–H groups in total. The maximum absolute atomic E-state index is 13.1. The van der Waals surface area contributed by atoms with Gasteiger partial charge in [0, 0.05) is 30.7 Å².